The quantitative estimate of drug-likeness (QED) is 0.812. The van der Waals surface area contributed by atoms with Crippen molar-refractivity contribution in [3.63, 3.8) is 0 Å². The molecular formula is C10H18N4S. The summed E-state index contributed by atoms with van der Waals surface area (Å²) in [6, 6.07) is 0.643. The normalized spacial score (nSPS) is 24.5. The minimum atomic E-state index is 0.643. The Morgan fingerprint density at radius 2 is 2.40 bits per heavy atom. The Labute approximate surface area is 94.7 Å². The zero-order chi connectivity index (χ0) is 10.8. The highest BCUT2D eigenvalue weighted by molar-refractivity contribution is 7.15. The third kappa shape index (κ3) is 2.68. The van der Waals surface area contributed by atoms with Crippen LogP contribution in [0.3, 0.4) is 0 Å². The van der Waals surface area contributed by atoms with Crippen LogP contribution in [0.2, 0.25) is 0 Å². The second-order valence-corrected chi connectivity index (χ2v) is 5.38. The second-order valence-electron chi connectivity index (χ2n) is 4.23. The molecule has 1 fully saturated rings. The molecule has 5 heteroatoms. The maximum Gasteiger partial charge on any atom is 0.180 e. The van der Waals surface area contributed by atoms with E-state index >= 15 is 0 Å². The van der Waals surface area contributed by atoms with Crippen LogP contribution in [0.4, 0.5) is 5.13 Å². The van der Waals surface area contributed by atoms with Crippen LogP contribution in [0.5, 0.6) is 0 Å². The number of aromatic nitrogens is 1. The first kappa shape index (κ1) is 10.9. The lowest BCUT2D eigenvalue weighted by Crippen LogP contribution is -2.49. The first-order valence-electron chi connectivity index (χ1n) is 5.28. The van der Waals surface area contributed by atoms with Gasteiger partial charge in [0.25, 0.3) is 0 Å². The maximum atomic E-state index is 5.61. The summed E-state index contributed by atoms with van der Waals surface area (Å²) in [6.45, 7) is 6.68. The lowest BCUT2D eigenvalue weighted by atomic mass is 10.2. The predicted molar refractivity (Wildman–Crippen MR) is 63.9 cm³/mol. The van der Waals surface area contributed by atoms with Crippen molar-refractivity contribution in [1.29, 1.82) is 0 Å². The zero-order valence-electron chi connectivity index (χ0n) is 9.31. The van der Waals surface area contributed by atoms with E-state index < -0.39 is 0 Å². The number of rotatable bonds is 2. The molecule has 15 heavy (non-hydrogen) atoms. The second kappa shape index (κ2) is 4.47. The van der Waals surface area contributed by atoms with Crippen molar-refractivity contribution in [3.05, 3.63) is 11.1 Å². The lowest BCUT2D eigenvalue weighted by Gasteiger charge is -2.37. The topological polar surface area (TPSA) is 45.4 Å². The SMILES string of the molecule is CC1CN(Cc2cnc(N)s2)CCN1C. The third-order valence-corrected chi connectivity index (χ3v) is 3.81. The molecule has 0 spiro atoms. The molecule has 0 bridgehead atoms. The van der Waals surface area contributed by atoms with E-state index in [-0.39, 0.29) is 0 Å². The van der Waals surface area contributed by atoms with Gasteiger partial charge < -0.3 is 10.6 Å². The summed E-state index contributed by atoms with van der Waals surface area (Å²) in [5.41, 5.74) is 5.61. The largest absolute Gasteiger partial charge is 0.375 e. The summed E-state index contributed by atoms with van der Waals surface area (Å²) >= 11 is 1.59. The highest BCUT2D eigenvalue weighted by Crippen LogP contribution is 2.18. The van der Waals surface area contributed by atoms with E-state index in [9.17, 15) is 0 Å². The fourth-order valence-corrected chi connectivity index (χ4v) is 2.61. The van der Waals surface area contributed by atoms with Gasteiger partial charge >= 0.3 is 0 Å². The zero-order valence-corrected chi connectivity index (χ0v) is 10.1. The molecule has 0 amide bonds. The molecule has 0 radical (unpaired) electrons. The molecule has 1 aliphatic heterocycles. The van der Waals surface area contributed by atoms with Crippen molar-refractivity contribution < 1.29 is 0 Å². The van der Waals surface area contributed by atoms with Crippen molar-refractivity contribution in [1.82, 2.24) is 14.8 Å². The molecular weight excluding hydrogens is 208 g/mol. The van der Waals surface area contributed by atoms with Gasteiger partial charge in [0.15, 0.2) is 5.13 Å². The smallest absolute Gasteiger partial charge is 0.180 e. The number of hydrogen-bond donors (Lipinski definition) is 1. The van der Waals surface area contributed by atoms with Gasteiger partial charge in [-0.3, -0.25) is 4.90 Å². The van der Waals surface area contributed by atoms with Gasteiger partial charge in [0.1, 0.15) is 0 Å². The molecule has 84 valence electrons. The molecule has 1 saturated heterocycles. The molecule has 2 rings (SSSR count). The van der Waals surface area contributed by atoms with Crippen molar-refractivity contribution in [2.45, 2.75) is 19.5 Å². The average Bonchev–Trinajstić information content (AvgIpc) is 2.58. The lowest BCUT2D eigenvalue weighted by molar-refractivity contribution is 0.101. The Morgan fingerprint density at radius 3 is 3.00 bits per heavy atom. The molecule has 0 saturated carbocycles. The van der Waals surface area contributed by atoms with Gasteiger partial charge in [0.05, 0.1) is 0 Å². The Balaban J connectivity index is 1.90. The van der Waals surface area contributed by atoms with E-state index in [2.05, 4.69) is 28.8 Å². The maximum absolute atomic E-state index is 5.61. The monoisotopic (exact) mass is 226 g/mol. The van der Waals surface area contributed by atoms with Crippen LogP contribution < -0.4 is 5.73 Å². The van der Waals surface area contributed by atoms with E-state index in [1.54, 1.807) is 11.3 Å². The number of nitrogens with two attached hydrogens (primary N) is 1. The number of likely N-dealkylation sites (N-methyl/N-ethyl adjacent to an activating group) is 1. The number of piperazine rings is 1. The van der Waals surface area contributed by atoms with E-state index in [1.165, 1.54) is 4.88 Å². The summed E-state index contributed by atoms with van der Waals surface area (Å²) in [5, 5.41) is 0.673. The van der Waals surface area contributed by atoms with Crippen molar-refractivity contribution in [2.24, 2.45) is 0 Å². The van der Waals surface area contributed by atoms with Crippen LogP contribution >= 0.6 is 11.3 Å². The van der Waals surface area contributed by atoms with Crippen LogP contribution in [0.25, 0.3) is 0 Å². The molecule has 1 aliphatic rings. The van der Waals surface area contributed by atoms with Crippen LogP contribution in [-0.4, -0.2) is 47.5 Å². The highest BCUT2D eigenvalue weighted by Gasteiger charge is 2.20. The molecule has 1 aromatic rings. The van der Waals surface area contributed by atoms with E-state index in [0.29, 0.717) is 11.2 Å². The van der Waals surface area contributed by atoms with Crippen LogP contribution in [-0.2, 0) is 6.54 Å². The third-order valence-electron chi connectivity index (χ3n) is 2.99. The first-order valence-corrected chi connectivity index (χ1v) is 6.09. The van der Waals surface area contributed by atoms with E-state index in [0.717, 1.165) is 26.2 Å². The van der Waals surface area contributed by atoms with Crippen molar-refractivity contribution >= 4 is 16.5 Å². The predicted octanol–water partition coefficient (Wildman–Crippen LogP) is 0.861. The summed E-state index contributed by atoms with van der Waals surface area (Å²) in [6.07, 6.45) is 1.89. The van der Waals surface area contributed by atoms with Gasteiger partial charge in [-0.05, 0) is 14.0 Å². The molecule has 1 atom stereocenters. The standard InChI is InChI=1S/C10H18N4S/c1-8-6-14(4-3-13(8)2)7-9-5-12-10(11)15-9/h5,8H,3-4,6-7H2,1-2H3,(H2,11,12). The average molecular weight is 226 g/mol. The number of nitrogen functional groups attached to an aromatic ring is 1. The number of anilines is 1. The summed E-state index contributed by atoms with van der Waals surface area (Å²) in [5.74, 6) is 0. The van der Waals surface area contributed by atoms with Gasteiger partial charge in [0, 0.05) is 43.3 Å². The van der Waals surface area contributed by atoms with Gasteiger partial charge in [-0.2, -0.15) is 0 Å². The van der Waals surface area contributed by atoms with Gasteiger partial charge in [0.2, 0.25) is 0 Å². The van der Waals surface area contributed by atoms with Gasteiger partial charge in [-0.15, -0.1) is 11.3 Å². The van der Waals surface area contributed by atoms with Crippen LogP contribution in [0, 0.1) is 0 Å². The Morgan fingerprint density at radius 1 is 1.60 bits per heavy atom. The summed E-state index contributed by atoms with van der Waals surface area (Å²) in [7, 11) is 2.19. The Bertz CT molecular complexity index is 325. The minimum Gasteiger partial charge on any atom is -0.375 e. The first-order chi connectivity index (χ1) is 7.15. The molecule has 1 unspecified atom stereocenters. The Hall–Kier alpha value is -0.650. The van der Waals surface area contributed by atoms with Gasteiger partial charge in [-0.25, -0.2) is 4.98 Å². The number of thiazole rings is 1. The van der Waals surface area contributed by atoms with E-state index in [1.807, 2.05) is 6.20 Å². The molecule has 0 aromatic carbocycles. The van der Waals surface area contributed by atoms with Crippen LogP contribution in [0.1, 0.15) is 11.8 Å². The van der Waals surface area contributed by atoms with E-state index in [4.69, 9.17) is 5.73 Å². The molecule has 2 heterocycles. The minimum absolute atomic E-state index is 0.643. The molecule has 2 N–H and O–H groups in total. The highest BCUT2D eigenvalue weighted by atomic mass is 32.1. The molecule has 1 aromatic heterocycles. The Kier molecular flexibility index (Phi) is 3.23. The summed E-state index contributed by atoms with van der Waals surface area (Å²) in [4.78, 5) is 10.2. The fraction of sp³-hybridized carbons (Fsp3) is 0.700. The molecule has 0 aliphatic carbocycles. The molecule has 4 nitrogen and oxygen atoms in total. The van der Waals surface area contributed by atoms with Crippen LogP contribution in [0.15, 0.2) is 6.20 Å². The van der Waals surface area contributed by atoms with Gasteiger partial charge in [-0.1, -0.05) is 0 Å². The fourth-order valence-electron chi connectivity index (χ4n) is 1.88. The number of hydrogen-bond acceptors (Lipinski definition) is 5. The van der Waals surface area contributed by atoms with Crippen molar-refractivity contribution in [2.75, 3.05) is 32.4 Å². The van der Waals surface area contributed by atoms with Crippen molar-refractivity contribution in [3.8, 4) is 0 Å². The summed E-state index contributed by atoms with van der Waals surface area (Å²) < 4.78 is 0. The number of nitrogens with zero attached hydrogens (tertiary/aromatic N) is 3.